The van der Waals surface area contributed by atoms with Crippen molar-refractivity contribution in [3.63, 3.8) is 0 Å². The molecular weight excluding hydrogens is 140 g/mol. The van der Waals surface area contributed by atoms with Gasteiger partial charge in [-0.3, -0.25) is 4.79 Å². The van der Waals surface area contributed by atoms with Gasteiger partial charge in [0.05, 0.1) is 5.92 Å². The van der Waals surface area contributed by atoms with Gasteiger partial charge in [0.2, 0.25) is 0 Å². The van der Waals surface area contributed by atoms with Crippen LogP contribution in [0.2, 0.25) is 0 Å². The Bertz CT molecular complexity index is 150. The maximum atomic E-state index is 10.6. The summed E-state index contributed by atoms with van der Waals surface area (Å²) >= 11 is 0. The van der Waals surface area contributed by atoms with E-state index in [2.05, 4.69) is 6.58 Å². The molecule has 0 aliphatic carbocycles. The molecule has 0 saturated carbocycles. The third-order valence-electron chi connectivity index (χ3n) is 1.58. The second kappa shape index (κ2) is 4.94. The molecule has 0 saturated heterocycles. The van der Waals surface area contributed by atoms with Crippen molar-refractivity contribution in [1.82, 2.24) is 0 Å². The van der Waals surface area contributed by atoms with Crippen molar-refractivity contribution in [2.45, 2.75) is 33.1 Å². The Hall–Kier alpha value is -0.790. The molecule has 0 spiro atoms. The lowest BCUT2D eigenvalue weighted by Crippen LogP contribution is -2.13. The van der Waals surface area contributed by atoms with E-state index in [1.54, 1.807) is 0 Å². The van der Waals surface area contributed by atoms with Crippen LogP contribution in [0.1, 0.15) is 33.1 Å². The number of allylic oxidation sites excluding steroid dienone is 1. The average molecular weight is 156 g/mol. The lowest BCUT2D eigenvalue weighted by atomic mass is 9.97. The molecule has 0 aromatic carbocycles. The average Bonchev–Trinajstić information content (AvgIpc) is 1.86. The van der Waals surface area contributed by atoms with Crippen LogP contribution >= 0.6 is 0 Å². The van der Waals surface area contributed by atoms with E-state index < -0.39 is 5.97 Å². The first-order chi connectivity index (χ1) is 5.07. The molecule has 0 heterocycles. The Labute approximate surface area is 67.9 Å². The molecule has 0 bridgehead atoms. The quantitative estimate of drug-likeness (QED) is 0.621. The van der Waals surface area contributed by atoms with Gasteiger partial charge in [0.1, 0.15) is 0 Å². The number of hydrogen-bond donors (Lipinski definition) is 1. The van der Waals surface area contributed by atoms with Crippen molar-refractivity contribution in [3.8, 4) is 0 Å². The van der Waals surface area contributed by atoms with E-state index >= 15 is 0 Å². The number of aliphatic carboxylic acids is 1. The minimum absolute atomic E-state index is 0.225. The highest BCUT2D eigenvalue weighted by molar-refractivity contribution is 5.70. The smallest absolute Gasteiger partial charge is 0.306 e. The topological polar surface area (TPSA) is 37.3 Å². The standard InChI is InChI=1S/C9H16O2/c1-4-5-8(9(10)11)6-7(2)3/h8H,2,4-6H2,1,3H3,(H,10,11)/t8-/m0/s1. The van der Waals surface area contributed by atoms with Crippen LogP contribution in [-0.2, 0) is 4.79 Å². The van der Waals surface area contributed by atoms with Gasteiger partial charge in [-0.15, -0.1) is 6.58 Å². The largest absolute Gasteiger partial charge is 0.481 e. The predicted molar refractivity (Wildman–Crippen MR) is 45.5 cm³/mol. The Morgan fingerprint density at radius 1 is 1.64 bits per heavy atom. The van der Waals surface area contributed by atoms with E-state index in [1.165, 1.54) is 0 Å². The first-order valence-corrected chi connectivity index (χ1v) is 3.95. The fraction of sp³-hybridized carbons (Fsp3) is 0.667. The Balaban J connectivity index is 3.89. The minimum atomic E-state index is -0.699. The van der Waals surface area contributed by atoms with Crippen LogP contribution in [0.5, 0.6) is 0 Å². The van der Waals surface area contributed by atoms with Crippen LogP contribution < -0.4 is 0 Å². The highest BCUT2D eigenvalue weighted by atomic mass is 16.4. The van der Waals surface area contributed by atoms with E-state index in [9.17, 15) is 4.79 Å². The third kappa shape index (κ3) is 4.59. The number of hydrogen-bond acceptors (Lipinski definition) is 1. The summed E-state index contributed by atoms with van der Waals surface area (Å²) in [6, 6.07) is 0. The van der Waals surface area contributed by atoms with Gasteiger partial charge in [0.15, 0.2) is 0 Å². The fourth-order valence-corrected chi connectivity index (χ4v) is 1.08. The number of carboxylic acids is 1. The van der Waals surface area contributed by atoms with Gasteiger partial charge in [-0.25, -0.2) is 0 Å². The monoisotopic (exact) mass is 156 g/mol. The van der Waals surface area contributed by atoms with Crippen molar-refractivity contribution in [2.75, 3.05) is 0 Å². The maximum Gasteiger partial charge on any atom is 0.306 e. The molecule has 0 rings (SSSR count). The first-order valence-electron chi connectivity index (χ1n) is 3.95. The molecular formula is C9H16O2. The summed E-state index contributed by atoms with van der Waals surface area (Å²) in [5.41, 5.74) is 0.950. The van der Waals surface area contributed by atoms with Crippen LogP contribution in [0.15, 0.2) is 12.2 Å². The first kappa shape index (κ1) is 10.2. The van der Waals surface area contributed by atoms with E-state index in [4.69, 9.17) is 5.11 Å². The number of carbonyl (C=O) groups is 1. The van der Waals surface area contributed by atoms with E-state index in [1.807, 2.05) is 13.8 Å². The SMILES string of the molecule is C=C(C)C[C@H](CCC)C(=O)O. The number of rotatable bonds is 5. The van der Waals surface area contributed by atoms with E-state index in [0.717, 1.165) is 18.4 Å². The van der Waals surface area contributed by atoms with Crippen LogP contribution in [0.3, 0.4) is 0 Å². The second-order valence-electron chi connectivity index (χ2n) is 2.99. The molecule has 1 atom stereocenters. The second-order valence-corrected chi connectivity index (χ2v) is 2.99. The molecule has 0 aromatic rings. The van der Waals surface area contributed by atoms with Crippen molar-refractivity contribution < 1.29 is 9.90 Å². The normalized spacial score (nSPS) is 12.5. The molecule has 11 heavy (non-hydrogen) atoms. The predicted octanol–water partition coefficient (Wildman–Crippen LogP) is 2.45. The van der Waals surface area contributed by atoms with E-state index in [0.29, 0.717) is 6.42 Å². The van der Waals surface area contributed by atoms with Crippen LogP contribution in [0.25, 0.3) is 0 Å². The van der Waals surface area contributed by atoms with Crippen molar-refractivity contribution in [2.24, 2.45) is 5.92 Å². The zero-order valence-corrected chi connectivity index (χ0v) is 7.26. The summed E-state index contributed by atoms with van der Waals surface area (Å²) in [6.07, 6.45) is 2.29. The molecule has 0 unspecified atom stereocenters. The summed E-state index contributed by atoms with van der Waals surface area (Å²) in [5, 5.41) is 8.71. The maximum absolute atomic E-state index is 10.6. The van der Waals surface area contributed by atoms with Gasteiger partial charge in [0, 0.05) is 0 Å². The fourth-order valence-electron chi connectivity index (χ4n) is 1.08. The molecule has 2 nitrogen and oxygen atoms in total. The van der Waals surface area contributed by atoms with Gasteiger partial charge >= 0.3 is 5.97 Å². The van der Waals surface area contributed by atoms with E-state index in [-0.39, 0.29) is 5.92 Å². The summed E-state index contributed by atoms with van der Waals surface area (Å²) < 4.78 is 0. The highest BCUT2D eigenvalue weighted by Crippen LogP contribution is 2.15. The Morgan fingerprint density at radius 3 is 2.45 bits per heavy atom. The van der Waals surface area contributed by atoms with Gasteiger partial charge in [-0.2, -0.15) is 0 Å². The van der Waals surface area contributed by atoms with Gasteiger partial charge in [-0.1, -0.05) is 18.9 Å². The summed E-state index contributed by atoms with van der Waals surface area (Å²) in [7, 11) is 0. The van der Waals surface area contributed by atoms with Crippen LogP contribution in [0.4, 0.5) is 0 Å². The third-order valence-corrected chi connectivity index (χ3v) is 1.58. The van der Waals surface area contributed by atoms with Gasteiger partial charge < -0.3 is 5.11 Å². The van der Waals surface area contributed by atoms with Crippen molar-refractivity contribution in [1.29, 1.82) is 0 Å². The molecule has 1 N–H and O–H groups in total. The Kier molecular flexibility index (Phi) is 4.59. The molecule has 0 aromatic heterocycles. The zero-order chi connectivity index (χ0) is 8.85. The van der Waals surface area contributed by atoms with Crippen molar-refractivity contribution >= 4 is 5.97 Å². The lowest BCUT2D eigenvalue weighted by Gasteiger charge is -2.09. The molecule has 0 aliphatic rings. The molecule has 64 valence electrons. The summed E-state index contributed by atoms with van der Waals surface area (Å²) in [5.74, 6) is -0.924. The highest BCUT2D eigenvalue weighted by Gasteiger charge is 2.15. The van der Waals surface area contributed by atoms with Crippen LogP contribution in [-0.4, -0.2) is 11.1 Å². The van der Waals surface area contributed by atoms with Crippen molar-refractivity contribution in [3.05, 3.63) is 12.2 Å². The lowest BCUT2D eigenvalue weighted by molar-refractivity contribution is -0.141. The molecule has 0 aliphatic heterocycles. The van der Waals surface area contributed by atoms with Gasteiger partial charge in [-0.05, 0) is 19.8 Å². The molecule has 0 fully saturated rings. The molecule has 0 amide bonds. The number of carboxylic acid groups (broad SMARTS) is 1. The summed E-state index contributed by atoms with van der Waals surface area (Å²) in [4.78, 5) is 10.6. The minimum Gasteiger partial charge on any atom is -0.481 e. The summed E-state index contributed by atoms with van der Waals surface area (Å²) in [6.45, 7) is 7.56. The molecule has 2 heteroatoms. The van der Waals surface area contributed by atoms with Crippen LogP contribution in [0, 0.1) is 5.92 Å². The zero-order valence-electron chi connectivity index (χ0n) is 7.26. The Morgan fingerprint density at radius 2 is 2.18 bits per heavy atom. The van der Waals surface area contributed by atoms with Gasteiger partial charge in [0.25, 0.3) is 0 Å². The molecule has 0 radical (unpaired) electrons.